The number of carbonyl (C=O) groups is 1. The van der Waals surface area contributed by atoms with E-state index >= 15 is 0 Å². The van der Waals surface area contributed by atoms with Gasteiger partial charge in [0.05, 0.1) is 18.0 Å². The molecule has 7 heteroatoms. The maximum absolute atomic E-state index is 13.1. The Bertz CT molecular complexity index is 1050. The van der Waals surface area contributed by atoms with E-state index in [0.29, 0.717) is 23.9 Å². The van der Waals surface area contributed by atoms with Crippen LogP contribution in [0.15, 0.2) is 54.7 Å². The lowest BCUT2D eigenvalue weighted by Gasteiger charge is -2.20. The number of halogens is 1. The van der Waals surface area contributed by atoms with E-state index in [-0.39, 0.29) is 11.4 Å². The third kappa shape index (κ3) is 5.34. The summed E-state index contributed by atoms with van der Waals surface area (Å²) in [6.07, 6.45) is 6.64. The second kappa shape index (κ2) is 9.96. The summed E-state index contributed by atoms with van der Waals surface area (Å²) < 4.78 is 20.5. The fourth-order valence-electron chi connectivity index (χ4n) is 3.99. The van der Waals surface area contributed by atoms with Crippen LogP contribution in [0.2, 0.25) is 0 Å². The molecule has 0 amide bonds. The average Bonchev–Trinajstić information content (AvgIpc) is 3.39. The maximum Gasteiger partial charge on any atom is 0.339 e. The summed E-state index contributed by atoms with van der Waals surface area (Å²) in [7, 11) is 0. The lowest BCUT2D eigenvalue weighted by atomic mass is 10.1. The molecule has 0 saturated carbocycles. The SMILES string of the molecule is CC1CCCN1CCCOc1ccc(-n2cc(C(=O)O)c([CH]c3ccc(F)cc3)n2)cc1. The van der Waals surface area contributed by atoms with Gasteiger partial charge < -0.3 is 14.7 Å². The number of aromatic nitrogens is 2. The Morgan fingerprint density at radius 3 is 2.62 bits per heavy atom. The largest absolute Gasteiger partial charge is 0.494 e. The number of hydrogen-bond donors (Lipinski definition) is 1. The summed E-state index contributed by atoms with van der Waals surface area (Å²) in [5, 5.41) is 14.0. The van der Waals surface area contributed by atoms with Crippen LogP contribution >= 0.6 is 0 Å². The topological polar surface area (TPSA) is 67.6 Å². The van der Waals surface area contributed by atoms with Crippen LogP contribution in [0.3, 0.4) is 0 Å². The van der Waals surface area contributed by atoms with Gasteiger partial charge in [0.25, 0.3) is 0 Å². The normalized spacial score (nSPS) is 16.4. The second-order valence-corrected chi connectivity index (χ2v) is 8.10. The van der Waals surface area contributed by atoms with Crippen LogP contribution in [-0.4, -0.2) is 51.5 Å². The Morgan fingerprint density at radius 1 is 1.22 bits per heavy atom. The first-order chi connectivity index (χ1) is 15.5. The Labute approximate surface area is 187 Å². The minimum Gasteiger partial charge on any atom is -0.494 e. The monoisotopic (exact) mass is 436 g/mol. The van der Waals surface area contributed by atoms with Crippen LogP contribution in [0.5, 0.6) is 5.75 Å². The summed E-state index contributed by atoms with van der Waals surface area (Å²) in [5.41, 5.74) is 1.78. The van der Waals surface area contributed by atoms with E-state index in [1.165, 1.54) is 42.4 Å². The molecule has 0 bridgehead atoms. The first-order valence-electron chi connectivity index (χ1n) is 10.9. The Morgan fingerprint density at radius 2 is 1.97 bits per heavy atom. The first-order valence-corrected chi connectivity index (χ1v) is 10.9. The van der Waals surface area contributed by atoms with Crippen molar-refractivity contribution in [2.24, 2.45) is 0 Å². The highest BCUT2D eigenvalue weighted by molar-refractivity contribution is 5.89. The smallest absolute Gasteiger partial charge is 0.339 e. The Kier molecular flexibility index (Phi) is 6.85. The summed E-state index contributed by atoms with van der Waals surface area (Å²) in [4.78, 5) is 14.2. The van der Waals surface area contributed by atoms with Crippen molar-refractivity contribution in [1.29, 1.82) is 0 Å². The number of likely N-dealkylation sites (tertiary alicyclic amines) is 1. The molecule has 32 heavy (non-hydrogen) atoms. The Hall–Kier alpha value is -3.19. The van der Waals surface area contributed by atoms with E-state index < -0.39 is 5.97 Å². The number of aromatic carboxylic acids is 1. The third-order valence-electron chi connectivity index (χ3n) is 5.80. The predicted octanol–water partition coefficient (Wildman–Crippen LogP) is 4.56. The minimum atomic E-state index is -1.07. The van der Waals surface area contributed by atoms with E-state index in [9.17, 15) is 14.3 Å². The molecule has 1 unspecified atom stereocenters. The molecule has 1 aromatic heterocycles. The van der Waals surface area contributed by atoms with Crippen molar-refractivity contribution in [2.45, 2.75) is 32.2 Å². The molecule has 1 atom stereocenters. The van der Waals surface area contributed by atoms with Crippen LogP contribution < -0.4 is 4.74 Å². The lowest BCUT2D eigenvalue weighted by molar-refractivity contribution is 0.0696. The van der Waals surface area contributed by atoms with Gasteiger partial charge in [-0.05, 0) is 74.7 Å². The van der Waals surface area contributed by atoms with Crippen molar-refractivity contribution < 1.29 is 19.0 Å². The predicted molar refractivity (Wildman–Crippen MR) is 120 cm³/mol. The molecule has 2 heterocycles. The fraction of sp³-hybridized carbons (Fsp3) is 0.320. The van der Waals surface area contributed by atoms with Gasteiger partial charge in [0.1, 0.15) is 17.1 Å². The van der Waals surface area contributed by atoms with Gasteiger partial charge in [0, 0.05) is 25.2 Å². The van der Waals surface area contributed by atoms with E-state index in [1.54, 1.807) is 18.6 Å². The number of hydrogen-bond acceptors (Lipinski definition) is 4. The zero-order chi connectivity index (χ0) is 22.5. The fourth-order valence-corrected chi connectivity index (χ4v) is 3.99. The quantitative estimate of drug-likeness (QED) is 0.498. The number of ether oxygens (including phenoxy) is 1. The molecule has 167 valence electrons. The van der Waals surface area contributed by atoms with Crippen molar-refractivity contribution in [3.8, 4) is 11.4 Å². The molecule has 2 aromatic carbocycles. The van der Waals surface area contributed by atoms with Crippen molar-refractivity contribution in [2.75, 3.05) is 19.7 Å². The van der Waals surface area contributed by atoms with E-state index in [4.69, 9.17) is 4.74 Å². The molecule has 1 radical (unpaired) electrons. The number of carboxylic acids is 1. The van der Waals surface area contributed by atoms with Gasteiger partial charge in [0.2, 0.25) is 0 Å². The molecule has 1 aliphatic heterocycles. The van der Waals surface area contributed by atoms with E-state index in [0.717, 1.165) is 24.4 Å². The van der Waals surface area contributed by atoms with Crippen molar-refractivity contribution >= 4 is 5.97 Å². The van der Waals surface area contributed by atoms with Crippen molar-refractivity contribution in [1.82, 2.24) is 14.7 Å². The van der Waals surface area contributed by atoms with Gasteiger partial charge >= 0.3 is 5.97 Å². The number of nitrogens with zero attached hydrogens (tertiary/aromatic N) is 3. The highest BCUT2D eigenvalue weighted by Crippen LogP contribution is 2.21. The summed E-state index contributed by atoms with van der Waals surface area (Å²) in [6.45, 7) is 5.17. The standard InChI is InChI=1S/C25H27FN3O3/c1-18-4-2-13-28(18)14-3-15-32-22-11-9-21(10-12-22)29-17-23(25(30)31)24(27-29)16-19-5-7-20(26)8-6-19/h5-12,16-18H,2-4,13-15H2,1H3,(H,30,31). The highest BCUT2D eigenvalue weighted by Gasteiger charge is 2.19. The van der Waals surface area contributed by atoms with Gasteiger partial charge in [-0.15, -0.1) is 0 Å². The van der Waals surface area contributed by atoms with Gasteiger partial charge in [-0.3, -0.25) is 0 Å². The molecule has 4 rings (SSSR count). The minimum absolute atomic E-state index is 0.0748. The molecule has 1 saturated heterocycles. The Balaban J connectivity index is 1.38. The molecule has 1 N–H and O–H groups in total. The molecule has 0 spiro atoms. The van der Waals surface area contributed by atoms with Gasteiger partial charge in [0.15, 0.2) is 0 Å². The van der Waals surface area contributed by atoms with Gasteiger partial charge in [-0.2, -0.15) is 5.10 Å². The summed E-state index contributed by atoms with van der Waals surface area (Å²) >= 11 is 0. The summed E-state index contributed by atoms with van der Waals surface area (Å²) in [6, 6.07) is 13.9. The first kappa shape index (κ1) is 22.0. The van der Waals surface area contributed by atoms with Crippen molar-refractivity contribution in [3.63, 3.8) is 0 Å². The molecule has 1 aliphatic rings. The summed E-state index contributed by atoms with van der Waals surface area (Å²) in [5.74, 6) is -0.650. The van der Waals surface area contributed by atoms with Crippen LogP contribution in [0, 0.1) is 12.2 Å². The lowest BCUT2D eigenvalue weighted by Crippen LogP contribution is -2.28. The highest BCUT2D eigenvalue weighted by atomic mass is 19.1. The number of carboxylic acid groups (broad SMARTS) is 1. The van der Waals surface area contributed by atoms with Crippen LogP contribution in [-0.2, 0) is 0 Å². The molecule has 6 nitrogen and oxygen atoms in total. The van der Waals surface area contributed by atoms with Crippen molar-refractivity contribution in [3.05, 3.63) is 83.8 Å². The average molecular weight is 437 g/mol. The van der Waals surface area contributed by atoms with E-state index in [2.05, 4.69) is 16.9 Å². The van der Waals surface area contributed by atoms with Crippen LogP contribution in [0.4, 0.5) is 4.39 Å². The molecule has 1 fully saturated rings. The molecule has 0 aliphatic carbocycles. The number of benzene rings is 2. The molecular weight excluding hydrogens is 409 g/mol. The van der Waals surface area contributed by atoms with Gasteiger partial charge in [-0.1, -0.05) is 12.1 Å². The van der Waals surface area contributed by atoms with Gasteiger partial charge in [-0.25, -0.2) is 13.9 Å². The maximum atomic E-state index is 13.1. The van der Waals surface area contributed by atoms with Crippen LogP contribution in [0.1, 0.15) is 47.8 Å². The second-order valence-electron chi connectivity index (χ2n) is 8.10. The zero-order valence-electron chi connectivity index (χ0n) is 18.1. The molecule has 3 aromatic rings. The number of rotatable bonds is 9. The zero-order valence-corrected chi connectivity index (χ0v) is 18.1. The third-order valence-corrected chi connectivity index (χ3v) is 5.80. The molecular formula is C25H27FN3O3. The van der Waals surface area contributed by atoms with Crippen LogP contribution in [0.25, 0.3) is 5.69 Å². The van der Waals surface area contributed by atoms with E-state index in [1.807, 2.05) is 24.3 Å².